The van der Waals surface area contributed by atoms with Gasteiger partial charge in [0.1, 0.15) is 0 Å². The fraction of sp³-hybridized carbons (Fsp3) is 0.900. The van der Waals surface area contributed by atoms with E-state index in [1.165, 1.54) is 12.8 Å². The number of nitrogens with zero attached hydrogens (tertiary/aromatic N) is 1. The van der Waals surface area contributed by atoms with Crippen molar-refractivity contribution in [3.05, 3.63) is 0 Å². The second-order valence-electron chi connectivity index (χ2n) is 5.14. The summed E-state index contributed by atoms with van der Waals surface area (Å²) >= 11 is 0. The fourth-order valence-corrected chi connectivity index (χ4v) is 2.10. The van der Waals surface area contributed by atoms with Crippen LogP contribution in [-0.2, 0) is 4.79 Å². The molecule has 0 atom stereocenters. The molecule has 0 radical (unpaired) electrons. The highest BCUT2D eigenvalue weighted by molar-refractivity contribution is 5.85. The normalized spacial score (nSPS) is 30.4. The first-order valence-electron chi connectivity index (χ1n) is 4.96. The summed E-state index contributed by atoms with van der Waals surface area (Å²) in [5.74, 6) is 0.219. The van der Waals surface area contributed by atoms with Gasteiger partial charge in [0.2, 0.25) is 5.91 Å². The van der Waals surface area contributed by atoms with Crippen LogP contribution in [0.5, 0.6) is 0 Å². The van der Waals surface area contributed by atoms with Crippen molar-refractivity contribution in [3.8, 4) is 0 Å². The zero-order valence-corrected chi connectivity index (χ0v) is 8.68. The number of nitrogens with one attached hydrogen (secondary N) is 1. The Kier molecular flexibility index (Phi) is 1.71. The van der Waals surface area contributed by atoms with Gasteiger partial charge in [-0.2, -0.15) is 0 Å². The Morgan fingerprint density at radius 1 is 1.38 bits per heavy atom. The van der Waals surface area contributed by atoms with E-state index in [2.05, 4.69) is 5.32 Å². The van der Waals surface area contributed by atoms with E-state index in [4.69, 9.17) is 0 Å². The molecule has 0 aromatic rings. The average molecular weight is 182 g/mol. The van der Waals surface area contributed by atoms with Crippen LogP contribution in [0.2, 0.25) is 0 Å². The molecule has 1 spiro atoms. The highest BCUT2D eigenvalue weighted by Gasteiger charge is 2.48. The Morgan fingerprint density at radius 3 is 2.54 bits per heavy atom. The van der Waals surface area contributed by atoms with Gasteiger partial charge in [0.25, 0.3) is 0 Å². The molecule has 13 heavy (non-hydrogen) atoms. The van der Waals surface area contributed by atoms with Gasteiger partial charge in [-0.25, -0.2) is 0 Å². The van der Waals surface area contributed by atoms with Crippen LogP contribution in [0, 0.1) is 5.41 Å². The SMILES string of the molecule is CN1CC2(CC2)CNC(C)(C)C1=O. The Balaban J connectivity index is 2.18. The first kappa shape index (κ1) is 9.00. The molecule has 1 aliphatic heterocycles. The standard InChI is InChI=1S/C10H18N2O/c1-9(2)8(13)12(3)7-10(4-5-10)6-11-9/h11H,4-7H2,1-3H3. The molecule has 2 fully saturated rings. The number of hydrogen-bond acceptors (Lipinski definition) is 2. The summed E-state index contributed by atoms with van der Waals surface area (Å²) in [6, 6.07) is 0. The Hall–Kier alpha value is -0.570. The van der Waals surface area contributed by atoms with E-state index in [0.29, 0.717) is 5.41 Å². The lowest BCUT2D eigenvalue weighted by Crippen LogP contribution is -2.50. The molecule has 0 unspecified atom stereocenters. The van der Waals surface area contributed by atoms with Crippen molar-refractivity contribution in [2.45, 2.75) is 32.2 Å². The van der Waals surface area contributed by atoms with Crippen LogP contribution in [0.25, 0.3) is 0 Å². The molecule has 1 saturated heterocycles. The maximum Gasteiger partial charge on any atom is 0.242 e. The first-order chi connectivity index (χ1) is 5.95. The van der Waals surface area contributed by atoms with Crippen molar-refractivity contribution in [2.24, 2.45) is 5.41 Å². The molecule has 1 heterocycles. The first-order valence-corrected chi connectivity index (χ1v) is 4.96. The number of carbonyl (C=O) groups excluding carboxylic acids is 1. The Bertz CT molecular complexity index is 243. The fourth-order valence-electron chi connectivity index (χ4n) is 2.10. The number of carbonyl (C=O) groups is 1. The molecule has 1 aliphatic carbocycles. The zero-order valence-electron chi connectivity index (χ0n) is 8.68. The molecule has 2 rings (SSSR count). The second kappa shape index (κ2) is 2.47. The summed E-state index contributed by atoms with van der Waals surface area (Å²) < 4.78 is 0. The maximum absolute atomic E-state index is 11.8. The highest BCUT2D eigenvalue weighted by Crippen LogP contribution is 2.46. The van der Waals surface area contributed by atoms with Crippen LogP contribution >= 0.6 is 0 Å². The third-order valence-corrected chi connectivity index (χ3v) is 3.32. The predicted octanol–water partition coefficient (Wildman–Crippen LogP) is 0.607. The van der Waals surface area contributed by atoms with Gasteiger partial charge < -0.3 is 10.2 Å². The maximum atomic E-state index is 11.8. The van der Waals surface area contributed by atoms with E-state index in [-0.39, 0.29) is 11.4 Å². The lowest BCUT2D eigenvalue weighted by Gasteiger charge is -2.26. The lowest BCUT2D eigenvalue weighted by molar-refractivity contribution is -0.134. The van der Waals surface area contributed by atoms with Gasteiger partial charge in [-0.15, -0.1) is 0 Å². The van der Waals surface area contributed by atoms with E-state index in [0.717, 1.165) is 13.1 Å². The van der Waals surface area contributed by atoms with Gasteiger partial charge in [0.15, 0.2) is 0 Å². The summed E-state index contributed by atoms with van der Waals surface area (Å²) in [6.07, 6.45) is 2.54. The number of hydrogen-bond donors (Lipinski definition) is 1. The number of rotatable bonds is 0. The van der Waals surface area contributed by atoms with E-state index < -0.39 is 0 Å². The lowest BCUT2D eigenvalue weighted by atomic mass is 10.0. The third-order valence-electron chi connectivity index (χ3n) is 3.32. The second-order valence-corrected chi connectivity index (χ2v) is 5.14. The van der Waals surface area contributed by atoms with Crippen molar-refractivity contribution in [2.75, 3.05) is 20.1 Å². The van der Waals surface area contributed by atoms with Gasteiger partial charge in [0, 0.05) is 25.6 Å². The molecule has 1 saturated carbocycles. The zero-order chi connectivity index (χ0) is 9.69. The van der Waals surface area contributed by atoms with Crippen LogP contribution in [-0.4, -0.2) is 36.5 Å². The Labute approximate surface area is 79.5 Å². The van der Waals surface area contributed by atoms with E-state index in [9.17, 15) is 4.79 Å². The average Bonchev–Trinajstić information content (AvgIpc) is 2.80. The van der Waals surface area contributed by atoms with Gasteiger partial charge in [0.05, 0.1) is 5.54 Å². The van der Waals surface area contributed by atoms with Gasteiger partial charge in [-0.1, -0.05) is 0 Å². The van der Waals surface area contributed by atoms with Gasteiger partial charge in [-0.3, -0.25) is 4.79 Å². The van der Waals surface area contributed by atoms with Crippen LogP contribution in [0.15, 0.2) is 0 Å². The van der Waals surface area contributed by atoms with Crippen LogP contribution in [0.4, 0.5) is 0 Å². The quantitative estimate of drug-likeness (QED) is 0.595. The van der Waals surface area contributed by atoms with Crippen molar-refractivity contribution in [3.63, 3.8) is 0 Å². The molecule has 74 valence electrons. The molecule has 1 amide bonds. The highest BCUT2D eigenvalue weighted by atomic mass is 16.2. The van der Waals surface area contributed by atoms with E-state index in [1.807, 2.05) is 25.8 Å². The van der Waals surface area contributed by atoms with Crippen molar-refractivity contribution < 1.29 is 4.79 Å². The van der Waals surface area contributed by atoms with E-state index >= 15 is 0 Å². The van der Waals surface area contributed by atoms with Crippen LogP contribution < -0.4 is 5.32 Å². The van der Waals surface area contributed by atoms with Crippen molar-refractivity contribution >= 4 is 5.91 Å². The molecular weight excluding hydrogens is 164 g/mol. The van der Waals surface area contributed by atoms with Crippen LogP contribution in [0.3, 0.4) is 0 Å². The molecular formula is C10H18N2O. The van der Waals surface area contributed by atoms with E-state index in [1.54, 1.807) is 0 Å². The van der Waals surface area contributed by atoms with Gasteiger partial charge >= 0.3 is 0 Å². The molecule has 3 heteroatoms. The summed E-state index contributed by atoms with van der Waals surface area (Å²) in [6.45, 7) is 5.86. The van der Waals surface area contributed by atoms with Crippen molar-refractivity contribution in [1.82, 2.24) is 10.2 Å². The molecule has 2 aliphatic rings. The minimum atomic E-state index is -0.374. The predicted molar refractivity (Wildman–Crippen MR) is 51.4 cm³/mol. The summed E-state index contributed by atoms with van der Waals surface area (Å²) in [5, 5.41) is 3.36. The minimum Gasteiger partial charge on any atom is -0.344 e. The minimum absolute atomic E-state index is 0.219. The molecule has 0 aromatic heterocycles. The van der Waals surface area contributed by atoms with Crippen molar-refractivity contribution in [1.29, 1.82) is 0 Å². The summed E-state index contributed by atoms with van der Waals surface area (Å²) in [4.78, 5) is 13.7. The summed E-state index contributed by atoms with van der Waals surface area (Å²) in [7, 11) is 1.91. The number of likely N-dealkylation sites (N-methyl/N-ethyl adjacent to an activating group) is 1. The van der Waals surface area contributed by atoms with Crippen LogP contribution in [0.1, 0.15) is 26.7 Å². The monoisotopic (exact) mass is 182 g/mol. The smallest absolute Gasteiger partial charge is 0.242 e. The third kappa shape index (κ3) is 1.46. The summed E-state index contributed by atoms with van der Waals surface area (Å²) in [5.41, 5.74) is 0.0407. The largest absolute Gasteiger partial charge is 0.344 e. The molecule has 3 nitrogen and oxygen atoms in total. The Morgan fingerprint density at radius 2 is 2.00 bits per heavy atom. The molecule has 0 aromatic carbocycles. The number of amides is 1. The van der Waals surface area contributed by atoms with Gasteiger partial charge in [-0.05, 0) is 26.7 Å². The molecule has 0 bridgehead atoms. The molecule has 1 N–H and O–H groups in total. The topological polar surface area (TPSA) is 32.3 Å².